The van der Waals surface area contributed by atoms with Gasteiger partial charge in [0.05, 0.1) is 28.7 Å². The lowest BCUT2D eigenvalue weighted by Gasteiger charge is -2.27. The molecule has 4 rings (SSSR count). The molecule has 0 spiro atoms. The second kappa shape index (κ2) is 7.84. The minimum atomic E-state index is -0.0556. The number of thiophene rings is 1. The van der Waals surface area contributed by atoms with Crippen LogP contribution in [0.4, 0.5) is 5.69 Å². The van der Waals surface area contributed by atoms with E-state index >= 15 is 0 Å². The van der Waals surface area contributed by atoms with E-state index in [2.05, 4.69) is 21.3 Å². The number of hydrogen-bond acceptors (Lipinski definition) is 4. The molecule has 0 saturated carbocycles. The van der Waals surface area contributed by atoms with Gasteiger partial charge in [0.2, 0.25) is 0 Å². The molecule has 1 aromatic carbocycles. The molecule has 3 heterocycles. The van der Waals surface area contributed by atoms with Crippen molar-refractivity contribution in [2.24, 2.45) is 0 Å². The summed E-state index contributed by atoms with van der Waals surface area (Å²) in [5.74, 6) is 0.844. The molecule has 7 heteroatoms. The summed E-state index contributed by atoms with van der Waals surface area (Å²) in [4.78, 5) is 7.81. The fraction of sp³-hybridized carbons (Fsp3) is 0.200. The minimum absolute atomic E-state index is 0.0251. The Balaban J connectivity index is 1.75. The highest BCUT2D eigenvalue weighted by atomic mass is 35.5. The standard InChI is InChI=1S/C20H18ClN3OS2/c1-2-25-14-8-6-13(7-9-14)24-19(16-10-11-17(21)27-16)18(23-20(24)26)15-5-3-4-12-22-15/h3-12,18-19H,2H2,1H3,(H,23,26). The first kappa shape index (κ1) is 18.2. The summed E-state index contributed by atoms with van der Waals surface area (Å²) in [7, 11) is 0. The van der Waals surface area contributed by atoms with E-state index in [4.69, 9.17) is 28.6 Å². The maximum absolute atomic E-state index is 6.23. The monoisotopic (exact) mass is 415 g/mol. The summed E-state index contributed by atoms with van der Waals surface area (Å²) in [6.45, 7) is 2.61. The molecule has 0 amide bonds. The van der Waals surface area contributed by atoms with Crippen LogP contribution in [0.1, 0.15) is 29.6 Å². The molecule has 138 valence electrons. The fourth-order valence-electron chi connectivity index (χ4n) is 3.28. The Morgan fingerprint density at radius 2 is 2.00 bits per heavy atom. The van der Waals surface area contributed by atoms with E-state index in [0.717, 1.165) is 26.3 Å². The molecule has 1 aliphatic heterocycles. The predicted molar refractivity (Wildman–Crippen MR) is 115 cm³/mol. The first-order valence-corrected chi connectivity index (χ1v) is 10.3. The molecule has 2 unspecified atom stereocenters. The Morgan fingerprint density at radius 3 is 2.63 bits per heavy atom. The number of nitrogens with one attached hydrogen (secondary N) is 1. The van der Waals surface area contributed by atoms with Gasteiger partial charge in [0.25, 0.3) is 0 Å². The van der Waals surface area contributed by atoms with Crippen LogP contribution in [0.2, 0.25) is 4.34 Å². The quantitative estimate of drug-likeness (QED) is 0.567. The molecule has 4 nitrogen and oxygen atoms in total. The fourth-order valence-corrected chi connectivity index (χ4v) is 4.81. The number of aromatic nitrogens is 1. The Bertz CT molecular complexity index is 930. The van der Waals surface area contributed by atoms with E-state index in [1.54, 1.807) is 17.5 Å². The maximum Gasteiger partial charge on any atom is 0.174 e. The molecular weight excluding hydrogens is 398 g/mol. The van der Waals surface area contributed by atoms with Crippen molar-refractivity contribution in [1.82, 2.24) is 10.3 Å². The van der Waals surface area contributed by atoms with Gasteiger partial charge in [-0.1, -0.05) is 17.7 Å². The number of thiocarbonyl (C=S) groups is 1. The van der Waals surface area contributed by atoms with Crippen LogP contribution < -0.4 is 15.0 Å². The summed E-state index contributed by atoms with van der Waals surface area (Å²) < 4.78 is 6.32. The minimum Gasteiger partial charge on any atom is -0.494 e. The number of anilines is 1. The van der Waals surface area contributed by atoms with Gasteiger partial charge in [-0.15, -0.1) is 11.3 Å². The molecule has 2 aromatic heterocycles. The topological polar surface area (TPSA) is 37.4 Å². The van der Waals surface area contributed by atoms with Crippen LogP contribution in [-0.4, -0.2) is 16.7 Å². The molecule has 3 aromatic rings. The lowest BCUT2D eigenvalue weighted by Crippen LogP contribution is -2.29. The van der Waals surface area contributed by atoms with Gasteiger partial charge < -0.3 is 15.0 Å². The van der Waals surface area contributed by atoms with Crippen LogP contribution in [0.3, 0.4) is 0 Å². The van der Waals surface area contributed by atoms with Crippen molar-refractivity contribution in [3.8, 4) is 5.75 Å². The smallest absolute Gasteiger partial charge is 0.174 e. The van der Waals surface area contributed by atoms with Crippen molar-refractivity contribution in [1.29, 1.82) is 0 Å². The highest BCUT2D eigenvalue weighted by molar-refractivity contribution is 7.80. The molecule has 1 aliphatic rings. The average molecular weight is 416 g/mol. The molecule has 1 saturated heterocycles. The van der Waals surface area contributed by atoms with E-state index < -0.39 is 0 Å². The lowest BCUT2D eigenvalue weighted by molar-refractivity contribution is 0.340. The highest BCUT2D eigenvalue weighted by Crippen LogP contribution is 2.44. The van der Waals surface area contributed by atoms with Gasteiger partial charge in [0, 0.05) is 16.8 Å². The van der Waals surface area contributed by atoms with Gasteiger partial charge in [-0.05, 0) is 67.7 Å². The Morgan fingerprint density at radius 1 is 1.19 bits per heavy atom. The van der Waals surface area contributed by atoms with Crippen LogP contribution in [0.25, 0.3) is 0 Å². The number of halogens is 1. The summed E-state index contributed by atoms with van der Waals surface area (Å²) in [5, 5.41) is 4.11. The first-order chi connectivity index (χ1) is 13.2. The number of benzene rings is 1. The van der Waals surface area contributed by atoms with Crippen molar-refractivity contribution < 1.29 is 4.74 Å². The number of hydrogen-bond donors (Lipinski definition) is 1. The third kappa shape index (κ3) is 3.65. The van der Waals surface area contributed by atoms with Crippen LogP contribution in [0, 0.1) is 0 Å². The first-order valence-electron chi connectivity index (χ1n) is 8.66. The number of pyridine rings is 1. The summed E-state index contributed by atoms with van der Waals surface area (Å²) in [6.07, 6.45) is 1.80. The van der Waals surface area contributed by atoms with Crippen molar-refractivity contribution in [2.75, 3.05) is 11.5 Å². The summed E-state index contributed by atoms with van der Waals surface area (Å²) in [6, 6.07) is 17.8. The van der Waals surface area contributed by atoms with Gasteiger partial charge in [-0.25, -0.2) is 0 Å². The lowest BCUT2D eigenvalue weighted by atomic mass is 10.0. The van der Waals surface area contributed by atoms with Crippen LogP contribution in [0.15, 0.2) is 60.8 Å². The van der Waals surface area contributed by atoms with E-state index in [-0.39, 0.29) is 12.1 Å². The molecule has 2 atom stereocenters. The summed E-state index contributed by atoms with van der Waals surface area (Å²) in [5.41, 5.74) is 1.95. The van der Waals surface area contributed by atoms with Gasteiger partial charge >= 0.3 is 0 Å². The second-order valence-electron chi connectivity index (χ2n) is 6.07. The largest absolute Gasteiger partial charge is 0.494 e. The SMILES string of the molecule is CCOc1ccc(N2C(=S)NC(c3ccccn3)C2c2ccc(Cl)s2)cc1. The average Bonchev–Trinajstić information content (AvgIpc) is 3.26. The van der Waals surface area contributed by atoms with Crippen molar-refractivity contribution in [2.45, 2.75) is 19.0 Å². The van der Waals surface area contributed by atoms with E-state index in [1.807, 2.05) is 55.5 Å². The number of rotatable bonds is 5. The van der Waals surface area contributed by atoms with Crippen LogP contribution in [0.5, 0.6) is 5.75 Å². The second-order valence-corrected chi connectivity index (χ2v) is 8.20. The molecular formula is C20H18ClN3OS2. The molecule has 0 aliphatic carbocycles. The zero-order valence-corrected chi connectivity index (χ0v) is 17.0. The normalized spacial score (nSPS) is 19.2. The highest BCUT2D eigenvalue weighted by Gasteiger charge is 2.41. The van der Waals surface area contributed by atoms with Crippen molar-refractivity contribution in [3.63, 3.8) is 0 Å². The third-order valence-electron chi connectivity index (χ3n) is 4.41. The van der Waals surface area contributed by atoms with Crippen LogP contribution >= 0.6 is 35.2 Å². The van der Waals surface area contributed by atoms with Crippen molar-refractivity contribution >= 4 is 46.0 Å². The van der Waals surface area contributed by atoms with Crippen LogP contribution in [-0.2, 0) is 0 Å². The molecule has 27 heavy (non-hydrogen) atoms. The Labute approximate surface area is 172 Å². The molecule has 1 N–H and O–H groups in total. The summed E-state index contributed by atoms with van der Waals surface area (Å²) >= 11 is 13.5. The Kier molecular flexibility index (Phi) is 5.29. The molecule has 1 fully saturated rings. The number of nitrogens with zero attached hydrogens (tertiary/aromatic N) is 2. The van der Waals surface area contributed by atoms with E-state index in [0.29, 0.717) is 11.7 Å². The number of ether oxygens (including phenoxy) is 1. The van der Waals surface area contributed by atoms with E-state index in [9.17, 15) is 0 Å². The Hall–Kier alpha value is -2.15. The zero-order valence-electron chi connectivity index (χ0n) is 14.6. The zero-order chi connectivity index (χ0) is 18.8. The molecule has 0 bridgehead atoms. The van der Waals surface area contributed by atoms with Crippen molar-refractivity contribution in [3.05, 3.63) is 75.7 Å². The van der Waals surface area contributed by atoms with Gasteiger partial charge in [0.1, 0.15) is 5.75 Å². The van der Waals surface area contributed by atoms with E-state index in [1.165, 1.54) is 0 Å². The maximum atomic E-state index is 6.23. The molecule has 0 radical (unpaired) electrons. The third-order valence-corrected chi connectivity index (χ3v) is 6.03. The predicted octanol–water partition coefficient (Wildman–Crippen LogP) is 5.37. The van der Waals surface area contributed by atoms with Gasteiger partial charge in [-0.2, -0.15) is 0 Å². The van der Waals surface area contributed by atoms with Gasteiger partial charge in [0.15, 0.2) is 5.11 Å². The van der Waals surface area contributed by atoms with Gasteiger partial charge in [-0.3, -0.25) is 4.98 Å².